The number of aromatic nitrogens is 4. The Balaban J connectivity index is 1.33. The van der Waals surface area contributed by atoms with Crippen molar-refractivity contribution in [2.75, 3.05) is 66.8 Å². The Morgan fingerprint density at radius 2 is 2.00 bits per heavy atom. The van der Waals surface area contributed by atoms with Crippen molar-refractivity contribution in [1.29, 1.82) is 0 Å². The van der Waals surface area contributed by atoms with Crippen LogP contribution < -0.4 is 14.2 Å². The van der Waals surface area contributed by atoms with E-state index in [0.29, 0.717) is 54.0 Å². The Bertz CT molecular complexity index is 1340. The molecular weight excluding hydrogens is 490 g/mol. The third kappa shape index (κ3) is 4.24. The first-order valence-electron chi connectivity index (χ1n) is 12.8. The summed E-state index contributed by atoms with van der Waals surface area (Å²) in [5, 5.41) is 22.0. The number of rotatable bonds is 6. The van der Waals surface area contributed by atoms with Crippen molar-refractivity contribution in [3.63, 3.8) is 0 Å². The van der Waals surface area contributed by atoms with Gasteiger partial charge in [-0.2, -0.15) is 4.68 Å². The molecular formula is C26H31N7O5. The van der Waals surface area contributed by atoms with Crippen molar-refractivity contribution in [2.24, 2.45) is 0 Å². The average Bonchev–Trinajstić information content (AvgIpc) is 3.62. The summed E-state index contributed by atoms with van der Waals surface area (Å²) in [6.45, 7) is 4.45. The molecule has 1 aromatic heterocycles. The molecule has 1 fully saturated rings. The van der Waals surface area contributed by atoms with Gasteiger partial charge >= 0.3 is 0 Å². The standard InChI is InChI=1S/C26H31N7O5/c1-30-7-6-17-15-20-23(38-16-37-20)24(36-2)21(17)22(30)25-27-28-29-33(25)19-5-3-4-18(14-19)26(35)32-10-8-31(9-11-32)12-13-34/h3-5,14-15,22,34H,6-13,16H2,1-2H3. The second-order valence-electron chi connectivity index (χ2n) is 9.71. The van der Waals surface area contributed by atoms with Crippen LogP contribution in [0, 0.1) is 0 Å². The number of β-amino-alcohol motifs (C(OH)–C–C–N with tert-alkyl or cyclic N) is 1. The topological polar surface area (TPSA) is 118 Å². The number of fused-ring (bicyclic) bond motifs is 2. The number of amides is 1. The number of hydrogen-bond donors (Lipinski definition) is 1. The van der Waals surface area contributed by atoms with Crippen LogP contribution >= 0.6 is 0 Å². The van der Waals surface area contributed by atoms with E-state index in [1.165, 1.54) is 0 Å². The van der Waals surface area contributed by atoms with Gasteiger partial charge in [0.05, 0.1) is 19.4 Å². The van der Waals surface area contributed by atoms with E-state index in [-0.39, 0.29) is 25.3 Å². The first-order chi connectivity index (χ1) is 18.6. The monoisotopic (exact) mass is 521 g/mol. The maximum atomic E-state index is 13.3. The largest absolute Gasteiger partial charge is 0.492 e. The summed E-state index contributed by atoms with van der Waals surface area (Å²) in [5.74, 6) is 2.50. The molecule has 0 bridgehead atoms. The van der Waals surface area contributed by atoms with E-state index in [0.717, 1.165) is 37.2 Å². The van der Waals surface area contributed by atoms with Crippen molar-refractivity contribution in [3.05, 3.63) is 52.8 Å². The number of carbonyl (C=O) groups is 1. The maximum absolute atomic E-state index is 13.3. The van der Waals surface area contributed by atoms with Crippen LogP contribution in [-0.2, 0) is 6.42 Å². The van der Waals surface area contributed by atoms with Crippen molar-refractivity contribution < 1.29 is 24.1 Å². The van der Waals surface area contributed by atoms with Gasteiger partial charge in [0, 0.05) is 50.4 Å². The quantitative estimate of drug-likeness (QED) is 0.497. The highest BCUT2D eigenvalue weighted by Gasteiger charge is 2.38. The number of methoxy groups -OCH3 is 1. The van der Waals surface area contributed by atoms with Gasteiger partial charge in [-0.3, -0.25) is 14.6 Å². The molecule has 3 aromatic rings. The lowest BCUT2D eigenvalue weighted by atomic mass is 9.90. The smallest absolute Gasteiger partial charge is 0.254 e. The number of aliphatic hydroxyl groups is 1. The van der Waals surface area contributed by atoms with Gasteiger partial charge in [-0.1, -0.05) is 6.07 Å². The van der Waals surface area contributed by atoms with Gasteiger partial charge in [0.2, 0.25) is 12.5 Å². The van der Waals surface area contributed by atoms with Gasteiger partial charge in [0.15, 0.2) is 17.3 Å². The summed E-state index contributed by atoms with van der Waals surface area (Å²) in [4.78, 5) is 19.5. The first-order valence-corrected chi connectivity index (χ1v) is 12.8. The third-order valence-corrected chi connectivity index (χ3v) is 7.55. The van der Waals surface area contributed by atoms with Crippen LogP contribution in [0.5, 0.6) is 17.2 Å². The van der Waals surface area contributed by atoms with E-state index in [2.05, 4.69) is 25.3 Å². The van der Waals surface area contributed by atoms with Gasteiger partial charge in [-0.15, -0.1) is 5.10 Å². The maximum Gasteiger partial charge on any atom is 0.254 e. The van der Waals surface area contributed by atoms with Gasteiger partial charge in [-0.25, -0.2) is 0 Å². The third-order valence-electron chi connectivity index (χ3n) is 7.55. The lowest BCUT2D eigenvalue weighted by molar-refractivity contribution is 0.0615. The SMILES string of the molecule is COc1c2c(cc3c1C(c1nnnn1-c1cccc(C(=O)N4CCN(CCO)CC4)c1)N(C)CC3)OCO2. The molecule has 4 heterocycles. The summed E-state index contributed by atoms with van der Waals surface area (Å²) >= 11 is 0. The molecule has 3 aliphatic rings. The summed E-state index contributed by atoms with van der Waals surface area (Å²) in [5.41, 5.74) is 3.34. The van der Waals surface area contributed by atoms with Crippen LogP contribution in [0.1, 0.15) is 33.4 Å². The summed E-state index contributed by atoms with van der Waals surface area (Å²) in [6.07, 6.45) is 0.826. The van der Waals surface area contributed by atoms with Gasteiger partial charge in [0.25, 0.3) is 5.91 Å². The number of hydrogen-bond acceptors (Lipinski definition) is 10. The number of piperazine rings is 1. The Labute approximate surface area is 220 Å². The highest BCUT2D eigenvalue weighted by atomic mass is 16.7. The molecule has 0 spiro atoms. The number of aliphatic hydroxyl groups excluding tert-OH is 1. The Morgan fingerprint density at radius 1 is 1.16 bits per heavy atom. The number of tetrazole rings is 1. The molecule has 0 aliphatic carbocycles. The molecule has 1 N–H and O–H groups in total. The fourth-order valence-electron chi connectivity index (χ4n) is 5.58. The minimum absolute atomic E-state index is 0.0281. The van der Waals surface area contributed by atoms with Crippen molar-refractivity contribution in [2.45, 2.75) is 12.5 Å². The van der Waals surface area contributed by atoms with Crippen LogP contribution in [0.2, 0.25) is 0 Å². The minimum atomic E-state index is -0.294. The van der Waals surface area contributed by atoms with E-state index in [1.54, 1.807) is 11.8 Å². The zero-order valence-electron chi connectivity index (χ0n) is 21.5. The molecule has 0 saturated carbocycles. The molecule has 2 aromatic carbocycles. The predicted octanol–water partition coefficient (Wildman–Crippen LogP) is 0.727. The van der Waals surface area contributed by atoms with Crippen molar-refractivity contribution in [3.8, 4) is 22.9 Å². The zero-order valence-corrected chi connectivity index (χ0v) is 21.5. The lowest BCUT2D eigenvalue weighted by Crippen LogP contribution is -2.49. The van der Waals surface area contributed by atoms with E-state index < -0.39 is 0 Å². The molecule has 1 atom stereocenters. The molecule has 12 heteroatoms. The molecule has 3 aliphatic heterocycles. The summed E-state index contributed by atoms with van der Waals surface area (Å²) < 4.78 is 18.9. The molecule has 0 radical (unpaired) electrons. The number of nitrogens with zero attached hydrogens (tertiary/aromatic N) is 7. The van der Waals surface area contributed by atoms with Crippen LogP contribution in [0.3, 0.4) is 0 Å². The number of ether oxygens (including phenoxy) is 3. The molecule has 1 unspecified atom stereocenters. The molecule has 12 nitrogen and oxygen atoms in total. The second kappa shape index (κ2) is 10.2. The van der Waals surface area contributed by atoms with Crippen molar-refractivity contribution >= 4 is 5.91 Å². The van der Waals surface area contributed by atoms with Gasteiger partial charge in [-0.05, 0) is 53.7 Å². The fraction of sp³-hybridized carbons (Fsp3) is 0.462. The number of benzene rings is 2. The minimum Gasteiger partial charge on any atom is -0.492 e. The Morgan fingerprint density at radius 3 is 2.79 bits per heavy atom. The zero-order chi connectivity index (χ0) is 26.2. The van der Waals surface area contributed by atoms with Crippen molar-refractivity contribution in [1.82, 2.24) is 34.9 Å². The predicted molar refractivity (Wildman–Crippen MR) is 136 cm³/mol. The van der Waals surface area contributed by atoms with Gasteiger partial charge < -0.3 is 24.2 Å². The molecule has 1 saturated heterocycles. The molecule has 200 valence electrons. The lowest BCUT2D eigenvalue weighted by Gasteiger charge is -2.35. The van der Waals surface area contributed by atoms with Crippen LogP contribution in [0.25, 0.3) is 5.69 Å². The Kier molecular flexibility index (Phi) is 6.60. The number of likely N-dealkylation sites (N-methyl/N-ethyl adjacent to an activating group) is 1. The van der Waals surface area contributed by atoms with Crippen LogP contribution in [0.4, 0.5) is 0 Å². The van der Waals surface area contributed by atoms with E-state index in [1.807, 2.05) is 42.3 Å². The second-order valence-corrected chi connectivity index (χ2v) is 9.71. The molecule has 6 rings (SSSR count). The Hall–Kier alpha value is -3.74. The molecule has 38 heavy (non-hydrogen) atoms. The van der Waals surface area contributed by atoms with Crippen LogP contribution in [-0.4, -0.2) is 113 Å². The highest BCUT2D eigenvalue weighted by Crippen LogP contribution is 2.50. The summed E-state index contributed by atoms with van der Waals surface area (Å²) in [6, 6.07) is 9.14. The van der Waals surface area contributed by atoms with E-state index in [4.69, 9.17) is 14.2 Å². The summed E-state index contributed by atoms with van der Waals surface area (Å²) in [7, 11) is 3.66. The van der Waals surface area contributed by atoms with Gasteiger partial charge in [0.1, 0.15) is 6.04 Å². The average molecular weight is 522 g/mol. The highest BCUT2D eigenvalue weighted by molar-refractivity contribution is 5.94. The fourth-order valence-corrected chi connectivity index (χ4v) is 5.58. The van der Waals surface area contributed by atoms with E-state index >= 15 is 0 Å². The first kappa shape index (κ1) is 24.6. The number of carbonyl (C=O) groups excluding carboxylic acids is 1. The van der Waals surface area contributed by atoms with E-state index in [9.17, 15) is 9.90 Å². The normalized spacial score (nSPS) is 19.4. The van der Waals surface area contributed by atoms with Crippen LogP contribution in [0.15, 0.2) is 30.3 Å². The molecule has 1 amide bonds.